The van der Waals surface area contributed by atoms with Crippen LogP contribution < -0.4 is 4.90 Å². The highest BCUT2D eigenvalue weighted by molar-refractivity contribution is 6.10. The van der Waals surface area contributed by atoms with Gasteiger partial charge in [0, 0.05) is 24.2 Å². The fourth-order valence-electron chi connectivity index (χ4n) is 4.18. The zero-order valence-electron chi connectivity index (χ0n) is 16.2. The SMILES string of the molecule is CC1CCN(CN2C(=O)[C@](O)(CC(=O)c3ccccc3)c3ccccc32)CC1. The van der Waals surface area contributed by atoms with Gasteiger partial charge in [-0.25, -0.2) is 0 Å². The van der Waals surface area contributed by atoms with Crippen LogP contribution >= 0.6 is 0 Å². The van der Waals surface area contributed by atoms with Crippen molar-refractivity contribution in [1.29, 1.82) is 0 Å². The second-order valence-electron chi connectivity index (χ2n) is 8.02. The number of hydrogen-bond acceptors (Lipinski definition) is 4. The number of aliphatic hydroxyl groups is 1. The van der Waals surface area contributed by atoms with Crippen LogP contribution in [-0.2, 0) is 10.4 Å². The van der Waals surface area contributed by atoms with Gasteiger partial charge >= 0.3 is 0 Å². The molecule has 2 aliphatic heterocycles. The fraction of sp³-hybridized carbons (Fsp3) is 0.391. The van der Waals surface area contributed by atoms with Gasteiger partial charge in [0.05, 0.1) is 18.8 Å². The predicted octanol–water partition coefficient (Wildman–Crippen LogP) is 3.18. The van der Waals surface area contributed by atoms with Gasteiger partial charge in [0.1, 0.15) is 0 Å². The first-order chi connectivity index (χ1) is 13.5. The molecule has 1 amide bonds. The van der Waals surface area contributed by atoms with Crippen molar-refractivity contribution >= 4 is 17.4 Å². The summed E-state index contributed by atoms with van der Waals surface area (Å²) in [6.07, 6.45) is 1.97. The van der Waals surface area contributed by atoms with Crippen molar-refractivity contribution in [3.8, 4) is 0 Å². The quantitative estimate of drug-likeness (QED) is 0.812. The van der Waals surface area contributed by atoms with Crippen molar-refractivity contribution in [2.24, 2.45) is 5.92 Å². The highest BCUT2D eigenvalue weighted by Crippen LogP contribution is 2.43. The lowest BCUT2D eigenvalue weighted by atomic mass is 9.88. The molecule has 28 heavy (non-hydrogen) atoms. The minimum atomic E-state index is -1.81. The molecule has 5 heteroatoms. The van der Waals surface area contributed by atoms with Crippen LogP contribution in [-0.4, -0.2) is 41.5 Å². The van der Waals surface area contributed by atoms with Gasteiger partial charge in [-0.1, -0.05) is 55.5 Å². The maximum Gasteiger partial charge on any atom is 0.265 e. The van der Waals surface area contributed by atoms with Crippen molar-refractivity contribution in [2.75, 3.05) is 24.7 Å². The molecule has 2 heterocycles. The topological polar surface area (TPSA) is 60.9 Å². The Labute approximate surface area is 165 Å². The number of likely N-dealkylation sites (tertiary alicyclic amines) is 1. The monoisotopic (exact) mass is 378 g/mol. The van der Waals surface area contributed by atoms with E-state index in [1.54, 1.807) is 41.3 Å². The standard InChI is InChI=1S/C23H26N2O3/c1-17-11-13-24(14-12-17)16-25-20-10-6-5-9-19(20)23(28,22(25)27)15-21(26)18-7-3-2-4-8-18/h2-10,17,28H,11-16H2,1H3/t23-/m0/s1. The van der Waals surface area contributed by atoms with Crippen LogP contribution in [0.5, 0.6) is 0 Å². The summed E-state index contributed by atoms with van der Waals surface area (Å²) in [5.41, 5.74) is -0.0825. The van der Waals surface area contributed by atoms with Crippen LogP contribution in [0.3, 0.4) is 0 Å². The van der Waals surface area contributed by atoms with Gasteiger partial charge in [0.25, 0.3) is 5.91 Å². The van der Waals surface area contributed by atoms with Crippen LogP contribution in [0.25, 0.3) is 0 Å². The number of Topliss-reactive ketones (excluding diaryl/α,β-unsaturated/α-hetero) is 1. The van der Waals surface area contributed by atoms with E-state index < -0.39 is 11.5 Å². The molecule has 0 saturated carbocycles. The van der Waals surface area contributed by atoms with Crippen molar-refractivity contribution < 1.29 is 14.7 Å². The summed E-state index contributed by atoms with van der Waals surface area (Å²) in [6, 6.07) is 16.1. The molecule has 0 radical (unpaired) electrons. The summed E-state index contributed by atoms with van der Waals surface area (Å²) in [5.74, 6) is 0.0646. The highest BCUT2D eigenvalue weighted by Gasteiger charge is 2.51. The molecule has 5 nitrogen and oxygen atoms in total. The van der Waals surface area contributed by atoms with Gasteiger partial charge < -0.3 is 5.11 Å². The third-order valence-electron chi connectivity index (χ3n) is 5.97. The molecule has 0 spiro atoms. The number of benzene rings is 2. The minimum absolute atomic E-state index is 0.236. The maximum absolute atomic E-state index is 13.3. The normalized spacial score (nSPS) is 23.1. The van der Waals surface area contributed by atoms with Gasteiger partial charge in [0.2, 0.25) is 0 Å². The number of hydrogen-bond donors (Lipinski definition) is 1. The summed E-state index contributed by atoms with van der Waals surface area (Å²) in [6.45, 7) is 4.58. The molecule has 4 rings (SSSR count). The summed E-state index contributed by atoms with van der Waals surface area (Å²) in [4.78, 5) is 29.9. The maximum atomic E-state index is 13.3. The zero-order valence-corrected chi connectivity index (χ0v) is 16.2. The third-order valence-corrected chi connectivity index (χ3v) is 5.97. The molecule has 1 atom stereocenters. The smallest absolute Gasteiger partial charge is 0.265 e. The van der Waals surface area contributed by atoms with Crippen molar-refractivity contribution in [3.63, 3.8) is 0 Å². The van der Waals surface area contributed by atoms with E-state index in [0.717, 1.165) is 25.9 Å². The van der Waals surface area contributed by atoms with Crippen LogP contribution in [0.2, 0.25) is 0 Å². The first-order valence-electron chi connectivity index (χ1n) is 9.93. The Bertz CT molecular complexity index is 874. The molecule has 0 aromatic heterocycles. The van der Waals surface area contributed by atoms with E-state index in [1.165, 1.54) is 0 Å². The van der Waals surface area contributed by atoms with Crippen LogP contribution in [0.1, 0.15) is 42.1 Å². The van der Waals surface area contributed by atoms with Crippen molar-refractivity contribution in [2.45, 2.75) is 31.8 Å². The average Bonchev–Trinajstić information content (AvgIpc) is 2.92. The van der Waals surface area contributed by atoms with Gasteiger partial charge in [-0.15, -0.1) is 0 Å². The first-order valence-corrected chi connectivity index (χ1v) is 9.93. The molecular weight excluding hydrogens is 352 g/mol. The molecule has 0 bridgehead atoms. The van der Waals surface area contributed by atoms with E-state index in [1.807, 2.05) is 18.2 Å². The van der Waals surface area contributed by atoms with E-state index in [0.29, 0.717) is 29.4 Å². The molecule has 1 saturated heterocycles. The Morgan fingerprint density at radius 1 is 1.07 bits per heavy atom. The minimum Gasteiger partial charge on any atom is -0.375 e. The number of carbonyl (C=O) groups is 2. The number of anilines is 1. The molecule has 0 aliphatic carbocycles. The van der Waals surface area contributed by atoms with Crippen molar-refractivity contribution in [3.05, 3.63) is 65.7 Å². The van der Waals surface area contributed by atoms with Gasteiger partial charge in [-0.05, 0) is 24.8 Å². The number of para-hydroxylation sites is 1. The summed E-state index contributed by atoms with van der Waals surface area (Å²) in [7, 11) is 0. The molecule has 1 N–H and O–H groups in total. The van der Waals surface area contributed by atoms with E-state index in [-0.39, 0.29) is 12.2 Å². The first kappa shape index (κ1) is 18.8. The molecule has 2 aliphatic rings. The number of carbonyl (C=O) groups excluding carboxylic acids is 2. The van der Waals surface area contributed by atoms with Crippen LogP contribution in [0.4, 0.5) is 5.69 Å². The zero-order chi connectivity index (χ0) is 19.7. The van der Waals surface area contributed by atoms with Crippen LogP contribution in [0.15, 0.2) is 54.6 Å². The Balaban J connectivity index is 1.60. The molecular formula is C23H26N2O3. The Kier molecular flexibility index (Phi) is 5.04. The average molecular weight is 378 g/mol. The Morgan fingerprint density at radius 3 is 2.43 bits per heavy atom. The van der Waals surface area contributed by atoms with Crippen molar-refractivity contribution in [1.82, 2.24) is 4.90 Å². The predicted molar refractivity (Wildman–Crippen MR) is 108 cm³/mol. The van der Waals surface area contributed by atoms with Crippen LogP contribution in [0, 0.1) is 5.92 Å². The molecule has 2 aromatic rings. The van der Waals surface area contributed by atoms with E-state index in [9.17, 15) is 14.7 Å². The fourth-order valence-corrected chi connectivity index (χ4v) is 4.18. The number of nitrogens with zero attached hydrogens (tertiary/aromatic N) is 2. The van der Waals surface area contributed by atoms with Gasteiger partial charge in [-0.2, -0.15) is 0 Å². The lowest BCUT2D eigenvalue weighted by Gasteiger charge is -2.34. The van der Waals surface area contributed by atoms with E-state index >= 15 is 0 Å². The molecule has 146 valence electrons. The number of rotatable bonds is 5. The molecule has 2 aromatic carbocycles. The van der Waals surface area contributed by atoms with Gasteiger partial charge in [0.15, 0.2) is 11.4 Å². The lowest BCUT2D eigenvalue weighted by Crippen LogP contribution is -2.48. The Hall–Kier alpha value is -2.50. The number of piperidine rings is 1. The summed E-state index contributed by atoms with van der Waals surface area (Å²) in [5, 5.41) is 11.4. The highest BCUT2D eigenvalue weighted by atomic mass is 16.3. The van der Waals surface area contributed by atoms with Gasteiger partial charge in [-0.3, -0.25) is 19.4 Å². The largest absolute Gasteiger partial charge is 0.375 e. The molecule has 1 fully saturated rings. The van der Waals surface area contributed by atoms with E-state index in [4.69, 9.17) is 0 Å². The Morgan fingerprint density at radius 2 is 1.71 bits per heavy atom. The molecule has 0 unspecified atom stereocenters. The second kappa shape index (κ2) is 7.49. The van der Waals surface area contributed by atoms with E-state index in [2.05, 4.69) is 11.8 Å². The summed E-state index contributed by atoms with van der Waals surface area (Å²) < 4.78 is 0. The summed E-state index contributed by atoms with van der Waals surface area (Å²) >= 11 is 0. The lowest BCUT2D eigenvalue weighted by molar-refractivity contribution is -0.136. The third kappa shape index (κ3) is 3.36. The number of fused-ring (bicyclic) bond motifs is 1. The number of ketones is 1. The number of amides is 1. The second-order valence-corrected chi connectivity index (χ2v) is 8.02.